The fraction of sp³-hybridized carbons (Fsp3) is 0.190. The monoisotopic (exact) mass is 407 g/mol. The molecule has 0 saturated heterocycles. The molecule has 7 nitrogen and oxygen atoms in total. The number of ether oxygens (including phenoxy) is 1. The quantitative estimate of drug-likeness (QED) is 0.609. The number of methoxy groups -OCH3 is 1. The molecule has 3 N–H and O–H groups in total. The molecule has 0 spiro atoms. The Labute approximate surface area is 173 Å². The largest absolute Gasteiger partial charge is 0.496 e. The molecule has 2 heterocycles. The summed E-state index contributed by atoms with van der Waals surface area (Å²) in [5.41, 5.74) is 8.20. The van der Waals surface area contributed by atoms with Gasteiger partial charge in [0.05, 0.1) is 7.11 Å². The van der Waals surface area contributed by atoms with Crippen LogP contribution in [0.25, 0.3) is 0 Å². The van der Waals surface area contributed by atoms with Crippen LogP contribution in [0.4, 0.5) is 5.95 Å². The van der Waals surface area contributed by atoms with Crippen LogP contribution < -0.4 is 15.8 Å². The Morgan fingerprint density at radius 1 is 1.24 bits per heavy atom. The van der Waals surface area contributed by atoms with E-state index in [0.29, 0.717) is 22.6 Å². The minimum atomic E-state index is -0.688. The number of anilines is 1. The number of nitrogens with two attached hydrogens (primary N) is 1. The summed E-state index contributed by atoms with van der Waals surface area (Å²) < 4.78 is 7.22. The maximum Gasteiger partial charge on any atom is 0.229 e. The molecule has 0 bridgehead atoms. The summed E-state index contributed by atoms with van der Waals surface area (Å²) in [6.07, 6.45) is 0. The number of amides is 1. The second kappa shape index (κ2) is 8.00. The van der Waals surface area contributed by atoms with Crippen molar-refractivity contribution in [3.8, 4) is 5.75 Å². The van der Waals surface area contributed by atoms with Crippen molar-refractivity contribution < 1.29 is 9.53 Å². The normalized spacial score (nSPS) is 18.0. The van der Waals surface area contributed by atoms with Gasteiger partial charge < -0.3 is 15.8 Å². The van der Waals surface area contributed by atoms with E-state index in [4.69, 9.17) is 10.5 Å². The summed E-state index contributed by atoms with van der Waals surface area (Å²) in [4.78, 5) is 16.9. The Bertz CT molecular complexity index is 1050. The third kappa shape index (κ3) is 3.71. The van der Waals surface area contributed by atoms with Gasteiger partial charge in [-0.3, -0.25) is 4.79 Å². The number of hydrogen-bond acceptors (Lipinski definition) is 6. The van der Waals surface area contributed by atoms with Crippen LogP contribution in [0.1, 0.15) is 17.2 Å². The number of fused-ring (bicyclic) bond motifs is 1. The van der Waals surface area contributed by atoms with Crippen LogP contribution >= 0.6 is 11.8 Å². The van der Waals surface area contributed by atoms with Gasteiger partial charge in [0, 0.05) is 17.0 Å². The molecule has 1 aromatic heterocycles. The molecule has 0 unspecified atom stereocenters. The lowest BCUT2D eigenvalue weighted by Crippen LogP contribution is -2.40. The molecule has 8 heteroatoms. The summed E-state index contributed by atoms with van der Waals surface area (Å²) in [6.45, 7) is 4.01. The number of carbonyl (C=O) groups excluding carboxylic acids is 1. The zero-order valence-electron chi connectivity index (χ0n) is 15.9. The summed E-state index contributed by atoms with van der Waals surface area (Å²) in [7, 11) is 1.59. The van der Waals surface area contributed by atoms with Crippen molar-refractivity contribution in [2.75, 3.05) is 12.4 Å². The number of carbonyl (C=O) groups is 1. The molecule has 0 fully saturated rings. The van der Waals surface area contributed by atoms with Gasteiger partial charge in [0.2, 0.25) is 17.0 Å². The molecular weight excluding hydrogens is 386 g/mol. The molecule has 2 atom stereocenters. The van der Waals surface area contributed by atoms with E-state index in [0.717, 1.165) is 11.3 Å². The number of hydrogen-bond donors (Lipinski definition) is 2. The van der Waals surface area contributed by atoms with Crippen LogP contribution in [-0.4, -0.2) is 27.8 Å². The van der Waals surface area contributed by atoms with Gasteiger partial charge in [-0.05, 0) is 11.6 Å². The number of thioether (sulfide) groups is 1. The Hall–Kier alpha value is -3.26. The van der Waals surface area contributed by atoms with E-state index >= 15 is 0 Å². The molecule has 148 valence electrons. The van der Waals surface area contributed by atoms with Crippen LogP contribution in [0.2, 0.25) is 0 Å². The molecule has 1 aliphatic rings. The zero-order valence-corrected chi connectivity index (χ0v) is 16.7. The first-order valence-electron chi connectivity index (χ1n) is 9.10. The van der Waals surface area contributed by atoms with Crippen molar-refractivity contribution in [2.45, 2.75) is 17.0 Å². The third-order valence-electron chi connectivity index (χ3n) is 4.81. The van der Waals surface area contributed by atoms with Crippen LogP contribution in [0.3, 0.4) is 0 Å². The molecule has 2 aromatic carbocycles. The van der Waals surface area contributed by atoms with Crippen LogP contribution in [0.15, 0.2) is 72.0 Å². The van der Waals surface area contributed by atoms with Gasteiger partial charge in [0.25, 0.3) is 0 Å². The summed E-state index contributed by atoms with van der Waals surface area (Å²) in [6, 6.07) is 17.1. The number of primary amides is 1. The van der Waals surface area contributed by atoms with E-state index in [1.165, 1.54) is 17.3 Å². The molecule has 1 aliphatic heterocycles. The molecule has 0 radical (unpaired) electrons. The first kappa shape index (κ1) is 19.1. The predicted octanol–water partition coefficient (Wildman–Crippen LogP) is 3.21. The van der Waals surface area contributed by atoms with Crippen LogP contribution in [0, 0.1) is 5.92 Å². The van der Waals surface area contributed by atoms with Gasteiger partial charge in [0.15, 0.2) is 0 Å². The first-order valence-corrected chi connectivity index (χ1v) is 10.1. The van der Waals surface area contributed by atoms with Gasteiger partial charge in [0.1, 0.15) is 17.7 Å². The highest BCUT2D eigenvalue weighted by Gasteiger charge is 2.40. The molecule has 0 saturated carbocycles. The second-order valence-corrected chi connectivity index (χ2v) is 7.60. The highest BCUT2D eigenvalue weighted by Crippen LogP contribution is 2.41. The topological polar surface area (TPSA) is 95.1 Å². The highest BCUT2D eigenvalue weighted by molar-refractivity contribution is 7.98. The van der Waals surface area contributed by atoms with Gasteiger partial charge >= 0.3 is 0 Å². The maximum absolute atomic E-state index is 12.3. The van der Waals surface area contributed by atoms with E-state index < -0.39 is 17.9 Å². The summed E-state index contributed by atoms with van der Waals surface area (Å²) in [5.74, 6) is 0.743. The molecule has 1 amide bonds. The van der Waals surface area contributed by atoms with Crippen molar-refractivity contribution in [1.82, 2.24) is 14.8 Å². The van der Waals surface area contributed by atoms with E-state index in [-0.39, 0.29) is 0 Å². The van der Waals surface area contributed by atoms with Crippen LogP contribution in [0.5, 0.6) is 5.75 Å². The molecule has 3 aromatic rings. The summed E-state index contributed by atoms with van der Waals surface area (Å²) in [5, 5.41) is 8.36. The lowest BCUT2D eigenvalue weighted by Gasteiger charge is -2.33. The molecule has 0 aliphatic carbocycles. The lowest BCUT2D eigenvalue weighted by molar-refractivity contribution is -0.121. The average molecular weight is 407 g/mol. The third-order valence-corrected chi connectivity index (χ3v) is 5.72. The Kier molecular flexibility index (Phi) is 5.26. The minimum absolute atomic E-state index is 0.488. The molecular formula is C21H21N5O2S. The zero-order chi connectivity index (χ0) is 20.4. The fourth-order valence-corrected chi connectivity index (χ4v) is 4.25. The van der Waals surface area contributed by atoms with E-state index in [9.17, 15) is 4.79 Å². The summed E-state index contributed by atoms with van der Waals surface area (Å²) >= 11 is 1.52. The van der Waals surface area contributed by atoms with Gasteiger partial charge in [-0.15, -0.1) is 5.10 Å². The van der Waals surface area contributed by atoms with Crippen LogP contribution in [-0.2, 0) is 10.5 Å². The average Bonchev–Trinajstić information content (AvgIpc) is 3.14. The number of nitrogens with one attached hydrogen (secondary N) is 1. The van der Waals surface area contributed by atoms with Gasteiger partial charge in [-0.1, -0.05) is 66.9 Å². The number of nitrogens with zero attached hydrogens (tertiary/aromatic N) is 3. The van der Waals surface area contributed by atoms with E-state index in [2.05, 4.69) is 34.1 Å². The Morgan fingerprint density at radius 3 is 2.69 bits per heavy atom. The fourth-order valence-electron chi connectivity index (χ4n) is 3.47. The van der Waals surface area contributed by atoms with Crippen molar-refractivity contribution in [3.05, 3.63) is 78.0 Å². The molecule has 4 rings (SSSR count). The first-order chi connectivity index (χ1) is 14.1. The van der Waals surface area contributed by atoms with Gasteiger partial charge in [-0.2, -0.15) is 4.98 Å². The SMILES string of the molecule is C=C1Nc2nc(SCc3ccccc3)nn2[C@@H](c2ccccc2OC)[C@@H]1C(N)=O. The van der Waals surface area contributed by atoms with E-state index in [1.54, 1.807) is 11.8 Å². The number of rotatable bonds is 6. The Morgan fingerprint density at radius 2 is 1.97 bits per heavy atom. The number of para-hydroxylation sites is 1. The Balaban J connectivity index is 1.73. The standard InChI is InChI=1S/C21H21N5O2S/c1-13-17(19(22)27)18(15-10-6-7-11-16(15)28-2)26-20(23-13)24-21(25-26)29-12-14-8-4-3-5-9-14/h3-11,17-18H,1,12H2,2H3,(H2,22,27)(H,23,24,25)/t17-,18+/m1/s1. The predicted molar refractivity (Wildman–Crippen MR) is 113 cm³/mol. The van der Waals surface area contributed by atoms with Crippen molar-refractivity contribution in [3.63, 3.8) is 0 Å². The molecule has 29 heavy (non-hydrogen) atoms. The highest BCUT2D eigenvalue weighted by atomic mass is 32.2. The smallest absolute Gasteiger partial charge is 0.229 e. The van der Waals surface area contributed by atoms with Crippen molar-refractivity contribution >= 4 is 23.6 Å². The lowest BCUT2D eigenvalue weighted by atomic mass is 9.88. The maximum atomic E-state index is 12.3. The van der Waals surface area contributed by atoms with E-state index in [1.807, 2.05) is 42.5 Å². The van der Waals surface area contributed by atoms with Crippen molar-refractivity contribution in [1.29, 1.82) is 0 Å². The number of aromatic nitrogens is 3. The van der Waals surface area contributed by atoms with Gasteiger partial charge in [-0.25, -0.2) is 4.68 Å². The minimum Gasteiger partial charge on any atom is -0.496 e. The van der Waals surface area contributed by atoms with Crippen molar-refractivity contribution in [2.24, 2.45) is 11.7 Å². The number of benzene rings is 2. The second-order valence-electron chi connectivity index (χ2n) is 6.65.